The molecule has 2 rings (SSSR count). The number of aromatic nitrogens is 2. The summed E-state index contributed by atoms with van der Waals surface area (Å²) >= 11 is 0. The van der Waals surface area contributed by atoms with Gasteiger partial charge in [-0.1, -0.05) is 0 Å². The number of carbonyl (C=O) groups is 2. The number of carbonyl (C=O) groups excluding carboxylic acids is 2. The minimum absolute atomic E-state index is 0.262. The Balaban J connectivity index is 2.20. The lowest BCUT2D eigenvalue weighted by atomic mass is 10.3. The zero-order valence-electron chi connectivity index (χ0n) is 7.30. The summed E-state index contributed by atoms with van der Waals surface area (Å²) in [6, 6.07) is 1.20. The number of amides is 3. The second-order valence-electron chi connectivity index (χ2n) is 2.80. The van der Waals surface area contributed by atoms with Crippen molar-refractivity contribution in [2.45, 2.75) is 6.42 Å². The number of imide groups is 1. The molecular weight excluding hydrogens is 184 g/mol. The van der Waals surface area contributed by atoms with Gasteiger partial charge in [-0.05, 0) is 6.07 Å². The molecule has 0 bridgehead atoms. The summed E-state index contributed by atoms with van der Waals surface area (Å²) in [4.78, 5) is 31.3. The molecule has 1 saturated heterocycles. The van der Waals surface area contributed by atoms with Gasteiger partial charge in [0.2, 0.25) is 11.9 Å². The summed E-state index contributed by atoms with van der Waals surface area (Å²) < 4.78 is 0. The van der Waals surface area contributed by atoms with Crippen molar-refractivity contribution in [1.82, 2.24) is 15.3 Å². The molecule has 0 aromatic carbocycles. The number of nitrogens with one attached hydrogen (secondary N) is 1. The molecule has 0 atom stereocenters. The van der Waals surface area contributed by atoms with Crippen molar-refractivity contribution in [3.8, 4) is 0 Å². The van der Waals surface area contributed by atoms with E-state index in [4.69, 9.17) is 0 Å². The van der Waals surface area contributed by atoms with Crippen LogP contribution in [0, 0.1) is 0 Å². The Morgan fingerprint density at radius 1 is 1.29 bits per heavy atom. The molecule has 0 unspecified atom stereocenters. The maximum Gasteiger partial charge on any atom is 0.330 e. The molecule has 1 N–H and O–H groups in total. The fourth-order valence-corrected chi connectivity index (χ4v) is 1.19. The predicted molar refractivity (Wildman–Crippen MR) is 47.5 cm³/mol. The predicted octanol–water partition coefficient (Wildman–Crippen LogP) is -0.0771. The van der Waals surface area contributed by atoms with Crippen molar-refractivity contribution in [1.29, 1.82) is 0 Å². The van der Waals surface area contributed by atoms with Crippen LogP contribution in [-0.2, 0) is 4.79 Å². The summed E-state index contributed by atoms with van der Waals surface area (Å²) in [6.07, 6.45) is 3.38. The van der Waals surface area contributed by atoms with E-state index in [1.807, 2.05) is 0 Å². The minimum Gasteiger partial charge on any atom is -0.278 e. The van der Waals surface area contributed by atoms with Gasteiger partial charge in [0, 0.05) is 25.4 Å². The maximum atomic E-state index is 11.3. The second kappa shape index (κ2) is 3.41. The van der Waals surface area contributed by atoms with Crippen molar-refractivity contribution < 1.29 is 9.59 Å². The molecule has 0 aliphatic carbocycles. The Morgan fingerprint density at radius 2 is 2.00 bits per heavy atom. The van der Waals surface area contributed by atoms with E-state index in [0.29, 0.717) is 12.5 Å². The number of anilines is 1. The van der Waals surface area contributed by atoms with Gasteiger partial charge < -0.3 is 0 Å². The van der Waals surface area contributed by atoms with Crippen molar-refractivity contribution in [2.24, 2.45) is 0 Å². The van der Waals surface area contributed by atoms with E-state index in [2.05, 4.69) is 15.3 Å². The van der Waals surface area contributed by atoms with Gasteiger partial charge in [0.1, 0.15) is 0 Å². The molecule has 0 spiro atoms. The molecule has 1 aromatic rings. The van der Waals surface area contributed by atoms with E-state index < -0.39 is 6.03 Å². The molecule has 1 aromatic heterocycles. The molecule has 1 fully saturated rings. The van der Waals surface area contributed by atoms with Crippen LogP contribution in [0.1, 0.15) is 6.42 Å². The topological polar surface area (TPSA) is 75.2 Å². The fourth-order valence-electron chi connectivity index (χ4n) is 1.19. The Bertz CT molecular complexity index is 365. The number of rotatable bonds is 1. The van der Waals surface area contributed by atoms with Gasteiger partial charge in [0.25, 0.3) is 0 Å². The average Bonchev–Trinajstić information content (AvgIpc) is 2.19. The highest BCUT2D eigenvalue weighted by Gasteiger charge is 2.25. The molecule has 0 radical (unpaired) electrons. The summed E-state index contributed by atoms with van der Waals surface area (Å²) in [5, 5.41) is 2.20. The van der Waals surface area contributed by atoms with Gasteiger partial charge >= 0.3 is 6.03 Å². The Morgan fingerprint density at radius 3 is 2.64 bits per heavy atom. The first-order valence-electron chi connectivity index (χ1n) is 4.16. The molecule has 14 heavy (non-hydrogen) atoms. The Hall–Kier alpha value is -1.98. The third-order valence-electron chi connectivity index (χ3n) is 1.85. The van der Waals surface area contributed by atoms with Crippen LogP contribution in [0.5, 0.6) is 0 Å². The van der Waals surface area contributed by atoms with Gasteiger partial charge in [-0.2, -0.15) is 0 Å². The molecule has 2 heterocycles. The molecule has 6 heteroatoms. The van der Waals surface area contributed by atoms with Crippen LogP contribution in [0.3, 0.4) is 0 Å². The molecular formula is C8H8N4O2. The number of hydrogen-bond acceptors (Lipinski definition) is 4. The van der Waals surface area contributed by atoms with Gasteiger partial charge in [-0.25, -0.2) is 14.8 Å². The van der Waals surface area contributed by atoms with E-state index in [1.165, 1.54) is 4.90 Å². The highest BCUT2D eigenvalue weighted by molar-refractivity contribution is 6.04. The lowest BCUT2D eigenvalue weighted by Gasteiger charge is -2.24. The highest BCUT2D eigenvalue weighted by atomic mass is 16.2. The van der Waals surface area contributed by atoms with Crippen molar-refractivity contribution in [2.75, 3.05) is 11.4 Å². The zero-order chi connectivity index (χ0) is 9.97. The first-order valence-corrected chi connectivity index (χ1v) is 4.16. The summed E-state index contributed by atoms with van der Waals surface area (Å²) in [5.74, 6) is 0.0553. The van der Waals surface area contributed by atoms with Gasteiger partial charge in [-0.15, -0.1) is 0 Å². The van der Waals surface area contributed by atoms with Crippen LogP contribution in [0.2, 0.25) is 0 Å². The van der Waals surface area contributed by atoms with Crippen molar-refractivity contribution in [3.05, 3.63) is 18.5 Å². The SMILES string of the molecule is O=C1CCN(c2ncccn2)C(=O)N1. The van der Waals surface area contributed by atoms with Crippen LogP contribution in [0.15, 0.2) is 18.5 Å². The van der Waals surface area contributed by atoms with Crippen molar-refractivity contribution in [3.63, 3.8) is 0 Å². The minimum atomic E-state index is -0.465. The summed E-state index contributed by atoms with van der Waals surface area (Å²) in [6.45, 7) is 0.328. The molecule has 1 aliphatic heterocycles. The normalized spacial score (nSPS) is 16.7. The second-order valence-corrected chi connectivity index (χ2v) is 2.80. The highest BCUT2D eigenvalue weighted by Crippen LogP contribution is 2.09. The Kier molecular flexibility index (Phi) is 2.10. The van der Waals surface area contributed by atoms with E-state index >= 15 is 0 Å². The largest absolute Gasteiger partial charge is 0.330 e. The third-order valence-corrected chi connectivity index (χ3v) is 1.85. The lowest BCUT2D eigenvalue weighted by molar-refractivity contribution is -0.120. The lowest BCUT2D eigenvalue weighted by Crippen LogP contribution is -2.50. The van der Waals surface area contributed by atoms with Crippen LogP contribution in [0.25, 0.3) is 0 Å². The van der Waals surface area contributed by atoms with E-state index in [9.17, 15) is 9.59 Å². The van der Waals surface area contributed by atoms with Crippen LogP contribution in [0.4, 0.5) is 10.7 Å². The van der Waals surface area contributed by atoms with E-state index in [1.54, 1.807) is 18.5 Å². The molecule has 3 amide bonds. The van der Waals surface area contributed by atoms with E-state index in [0.717, 1.165) is 0 Å². The first-order chi connectivity index (χ1) is 6.77. The Labute approximate surface area is 80.0 Å². The molecule has 6 nitrogen and oxygen atoms in total. The van der Waals surface area contributed by atoms with Crippen LogP contribution < -0.4 is 10.2 Å². The fraction of sp³-hybridized carbons (Fsp3) is 0.250. The van der Waals surface area contributed by atoms with Gasteiger partial charge in [0.05, 0.1) is 0 Å². The van der Waals surface area contributed by atoms with Crippen LogP contribution >= 0.6 is 0 Å². The molecule has 72 valence electrons. The third kappa shape index (κ3) is 1.54. The average molecular weight is 192 g/mol. The number of hydrogen-bond donors (Lipinski definition) is 1. The first kappa shape index (κ1) is 8.61. The molecule has 0 saturated carbocycles. The quantitative estimate of drug-likeness (QED) is 0.675. The smallest absolute Gasteiger partial charge is 0.278 e. The molecule has 1 aliphatic rings. The number of nitrogens with zero attached hydrogens (tertiary/aromatic N) is 3. The van der Waals surface area contributed by atoms with E-state index in [-0.39, 0.29) is 12.3 Å². The van der Waals surface area contributed by atoms with Crippen molar-refractivity contribution >= 4 is 17.9 Å². The monoisotopic (exact) mass is 192 g/mol. The number of urea groups is 1. The van der Waals surface area contributed by atoms with Crippen LogP contribution in [-0.4, -0.2) is 28.5 Å². The zero-order valence-corrected chi connectivity index (χ0v) is 7.30. The maximum absolute atomic E-state index is 11.3. The summed E-state index contributed by atoms with van der Waals surface area (Å²) in [5.41, 5.74) is 0. The summed E-state index contributed by atoms with van der Waals surface area (Å²) in [7, 11) is 0. The standard InChI is InChI=1S/C8H8N4O2/c13-6-2-5-12(8(14)11-6)7-9-3-1-4-10-7/h1,3-4H,2,5H2,(H,11,13,14). The van der Waals surface area contributed by atoms with Gasteiger partial charge in [-0.3, -0.25) is 15.0 Å². The van der Waals surface area contributed by atoms with Gasteiger partial charge in [0.15, 0.2) is 0 Å².